The van der Waals surface area contributed by atoms with E-state index in [-0.39, 0.29) is 5.41 Å². The maximum absolute atomic E-state index is 4.05. The van der Waals surface area contributed by atoms with E-state index in [4.69, 9.17) is 0 Å². The van der Waals surface area contributed by atoms with Gasteiger partial charge in [-0.1, -0.05) is 91.0 Å². The van der Waals surface area contributed by atoms with E-state index in [1.54, 1.807) is 0 Å². The minimum atomic E-state index is -0.118. The summed E-state index contributed by atoms with van der Waals surface area (Å²) in [6.07, 6.45) is 2.93. The van der Waals surface area contributed by atoms with Gasteiger partial charge in [0.15, 0.2) is 0 Å². The molecule has 0 saturated heterocycles. The molecular formula is C25H27N. The van der Waals surface area contributed by atoms with Gasteiger partial charge in [0.05, 0.1) is 0 Å². The first-order valence-electron chi connectivity index (χ1n) is 9.23. The summed E-state index contributed by atoms with van der Waals surface area (Å²) in [5.74, 6) is 0. The SMILES string of the molecule is C=CCC(CNCc1ccccc1C)(c1ccccc1)c1ccccc1. The predicted octanol–water partition coefficient (Wildman–Crippen LogP) is 5.65. The Balaban J connectivity index is 1.92. The second kappa shape index (κ2) is 8.64. The second-order valence-corrected chi connectivity index (χ2v) is 6.84. The number of nitrogens with one attached hydrogen (secondary N) is 1. The minimum absolute atomic E-state index is 0.118. The first-order chi connectivity index (χ1) is 12.8. The van der Waals surface area contributed by atoms with Crippen molar-refractivity contribution in [2.75, 3.05) is 6.54 Å². The lowest BCUT2D eigenvalue weighted by atomic mass is 9.72. The van der Waals surface area contributed by atoms with Crippen molar-refractivity contribution < 1.29 is 0 Å². The Labute approximate surface area is 157 Å². The van der Waals surface area contributed by atoms with Crippen molar-refractivity contribution in [3.8, 4) is 0 Å². The molecule has 0 bridgehead atoms. The summed E-state index contributed by atoms with van der Waals surface area (Å²) in [5, 5.41) is 3.72. The molecule has 132 valence electrons. The van der Waals surface area contributed by atoms with Gasteiger partial charge in [-0.15, -0.1) is 6.58 Å². The van der Waals surface area contributed by atoms with Crippen molar-refractivity contribution in [2.45, 2.75) is 25.3 Å². The smallest absolute Gasteiger partial charge is 0.0361 e. The lowest BCUT2D eigenvalue weighted by Crippen LogP contribution is -2.39. The molecule has 0 saturated carbocycles. The van der Waals surface area contributed by atoms with E-state index in [1.807, 2.05) is 6.08 Å². The number of allylic oxidation sites excluding steroid dienone is 1. The maximum Gasteiger partial charge on any atom is 0.0361 e. The molecule has 3 rings (SSSR count). The molecule has 0 spiro atoms. The normalized spacial score (nSPS) is 11.3. The Hall–Kier alpha value is -2.64. The van der Waals surface area contributed by atoms with E-state index in [2.05, 4.69) is 104 Å². The van der Waals surface area contributed by atoms with Gasteiger partial charge in [0.25, 0.3) is 0 Å². The lowest BCUT2D eigenvalue weighted by Gasteiger charge is -2.35. The molecule has 0 aromatic heterocycles. The van der Waals surface area contributed by atoms with Crippen LogP contribution in [0, 0.1) is 6.92 Å². The van der Waals surface area contributed by atoms with E-state index in [0.717, 1.165) is 19.5 Å². The lowest BCUT2D eigenvalue weighted by molar-refractivity contribution is 0.467. The van der Waals surface area contributed by atoms with Crippen LogP contribution in [0.25, 0.3) is 0 Å². The van der Waals surface area contributed by atoms with Crippen LogP contribution in [0.5, 0.6) is 0 Å². The molecule has 1 nitrogen and oxygen atoms in total. The van der Waals surface area contributed by atoms with Crippen LogP contribution in [-0.4, -0.2) is 6.54 Å². The summed E-state index contributed by atoms with van der Waals surface area (Å²) < 4.78 is 0. The van der Waals surface area contributed by atoms with Crippen LogP contribution >= 0.6 is 0 Å². The fraction of sp³-hybridized carbons (Fsp3) is 0.200. The molecule has 1 N–H and O–H groups in total. The monoisotopic (exact) mass is 341 g/mol. The minimum Gasteiger partial charge on any atom is -0.311 e. The summed E-state index contributed by atoms with van der Waals surface area (Å²) in [4.78, 5) is 0. The standard InChI is InChI=1S/C25H27N/c1-3-18-25(23-14-6-4-7-15-23,24-16-8-5-9-17-24)20-26-19-22-13-11-10-12-21(22)2/h3-17,26H,1,18-20H2,2H3. The largest absolute Gasteiger partial charge is 0.311 e. The zero-order valence-electron chi connectivity index (χ0n) is 15.5. The molecule has 3 aromatic carbocycles. The topological polar surface area (TPSA) is 12.0 Å². The van der Waals surface area contributed by atoms with Crippen molar-refractivity contribution in [3.05, 3.63) is 120 Å². The summed E-state index contributed by atoms with van der Waals surface area (Å²) in [6, 6.07) is 30.1. The average Bonchev–Trinajstić information content (AvgIpc) is 2.70. The van der Waals surface area contributed by atoms with Gasteiger partial charge in [0, 0.05) is 18.5 Å². The summed E-state index contributed by atoms with van der Waals surface area (Å²) in [7, 11) is 0. The highest BCUT2D eigenvalue weighted by atomic mass is 14.9. The molecule has 0 fully saturated rings. The highest BCUT2D eigenvalue weighted by molar-refractivity contribution is 5.41. The van der Waals surface area contributed by atoms with Crippen LogP contribution in [0.2, 0.25) is 0 Å². The fourth-order valence-corrected chi connectivity index (χ4v) is 3.66. The van der Waals surface area contributed by atoms with Crippen LogP contribution in [0.3, 0.4) is 0 Å². The van der Waals surface area contributed by atoms with Gasteiger partial charge in [0.2, 0.25) is 0 Å². The van der Waals surface area contributed by atoms with Crippen LogP contribution < -0.4 is 5.32 Å². The predicted molar refractivity (Wildman–Crippen MR) is 111 cm³/mol. The van der Waals surface area contributed by atoms with Crippen molar-refractivity contribution >= 4 is 0 Å². The number of aryl methyl sites for hydroxylation is 1. The molecule has 0 atom stereocenters. The van der Waals surface area contributed by atoms with E-state index in [0.29, 0.717) is 0 Å². The zero-order chi connectivity index (χ0) is 18.2. The van der Waals surface area contributed by atoms with Crippen LogP contribution in [0.4, 0.5) is 0 Å². The highest BCUT2D eigenvalue weighted by Gasteiger charge is 2.32. The molecule has 0 amide bonds. The van der Waals surface area contributed by atoms with Crippen molar-refractivity contribution in [2.24, 2.45) is 0 Å². The fourth-order valence-electron chi connectivity index (χ4n) is 3.66. The molecule has 0 unspecified atom stereocenters. The zero-order valence-corrected chi connectivity index (χ0v) is 15.5. The number of benzene rings is 3. The van der Waals surface area contributed by atoms with E-state index < -0.39 is 0 Å². The summed E-state index contributed by atoms with van der Waals surface area (Å²) >= 11 is 0. The molecule has 3 aromatic rings. The number of hydrogen-bond acceptors (Lipinski definition) is 1. The Morgan fingerprint density at radius 1 is 0.808 bits per heavy atom. The second-order valence-electron chi connectivity index (χ2n) is 6.84. The van der Waals surface area contributed by atoms with E-state index in [1.165, 1.54) is 22.3 Å². The van der Waals surface area contributed by atoms with E-state index >= 15 is 0 Å². The van der Waals surface area contributed by atoms with Crippen LogP contribution in [0.1, 0.15) is 28.7 Å². The molecule has 0 radical (unpaired) electrons. The Kier molecular flexibility index (Phi) is 6.04. The van der Waals surface area contributed by atoms with Gasteiger partial charge in [-0.3, -0.25) is 0 Å². The third-order valence-electron chi connectivity index (χ3n) is 5.15. The van der Waals surface area contributed by atoms with Crippen LogP contribution in [0.15, 0.2) is 97.6 Å². The quantitative estimate of drug-likeness (QED) is 0.522. The molecule has 26 heavy (non-hydrogen) atoms. The molecule has 0 aliphatic rings. The molecule has 0 heterocycles. The molecule has 0 aliphatic carbocycles. The first-order valence-corrected chi connectivity index (χ1v) is 9.23. The maximum atomic E-state index is 4.05. The Morgan fingerprint density at radius 3 is 1.88 bits per heavy atom. The van der Waals surface area contributed by atoms with Gasteiger partial charge in [0.1, 0.15) is 0 Å². The third kappa shape index (κ3) is 3.95. The number of rotatable bonds is 8. The van der Waals surface area contributed by atoms with Gasteiger partial charge in [-0.05, 0) is 35.6 Å². The Morgan fingerprint density at radius 2 is 1.35 bits per heavy atom. The Bertz CT molecular complexity index is 782. The average molecular weight is 341 g/mol. The van der Waals surface area contributed by atoms with Gasteiger partial charge < -0.3 is 5.32 Å². The van der Waals surface area contributed by atoms with Crippen LogP contribution in [-0.2, 0) is 12.0 Å². The van der Waals surface area contributed by atoms with Crippen molar-refractivity contribution in [3.63, 3.8) is 0 Å². The molecule has 0 aliphatic heterocycles. The third-order valence-corrected chi connectivity index (χ3v) is 5.15. The van der Waals surface area contributed by atoms with Gasteiger partial charge in [-0.25, -0.2) is 0 Å². The highest BCUT2D eigenvalue weighted by Crippen LogP contribution is 2.35. The number of hydrogen-bond donors (Lipinski definition) is 1. The van der Waals surface area contributed by atoms with Gasteiger partial charge in [-0.2, -0.15) is 0 Å². The molecule has 1 heteroatoms. The molecular weight excluding hydrogens is 314 g/mol. The summed E-state index contributed by atoms with van der Waals surface area (Å²) in [6.45, 7) is 7.95. The summed E-state index contributed by atoms with van der Waals surface area (Å²) in [5.41, 5.74) is 5.20. The van der Waals surface area contributed by atoms with Crippen molar-refractivity contribution in [1.82, 2.24) is 5.32 Å². The van der Waals surface area contributed by atoms with E-state index in [9.17, 15) is 0 Å². The first kappa shape index (κ1) is 18.2. The van der Waals surface area contributed by atoms with Gasteiger partial charge >= 0.3 is 0 Å². The van der Waals surface area contributed by atoms with Crippen molar-refractivity contribution in [1.29, 1.82) is 0 Å².